The van der Waals surface area contributed by atoms with Crippen LogP contribution in [0.2, 0.25) is 0 Å². The van der Waals surface area contributed by atoms with Gasteiger partial charge in [0, 0.05) is 16.6 Å². The Morgan fingerprint density at radius 3 is 2.74 bits per heavy atom. The molecule has 1 saturated carbocycles. The first-order valence-electron chi connectivity index (χ1n) is 6.77. The standard InChI is InChI=1S/C16H19NOS/c1-12-9-13(11-18)4-7-16(12)17(14-5-6-14)10-15-3-2-8-19-15/h2-4,7-9,14,18H,5-6,10-11H2,1H3. The normalized spacial score (nSPS) is 14.6. The molecule has 0 bridgehead atoms. The first-order chi connectivity index (χ1) is 9.28. The van der Waals surface area contributed by atoms with Gasteiger partial charge in [-0.1, -0.05) is 18.2 Å². The molecule has 0 radical (unpaired) electrons. The molecule has 100 valence electrons. The summed E-state index contributed by atoms with van der Waals surface area (Å²) in [7, 11) is 0. The Kier molecular flexibility index (Phi) is 3.58. The molecule has 1 aliphatic carbocycles. The maximum Gasteiger partial charge on any atom is 0.0681 e. The Hall–Kier alpha value is -1.32. The molecule has 3 heteroatoms. The zero-order valence-corrected chi connectivity index (χ0v) is 12.0. The fourth-order valence-electron chi connectivity index (χ4n) is 2.51. The summed E-state index contributed by atoms with van der Waals surface area (Å²) in [6, 6.07) is 11.3. The topological polar surface area (TPSA) is 23.5 Å². The lowest BCUT2D eigenvalue weighted by Gasteiger charge is -2.26. The van der Waals surface area contributed by atoms with Crippen LogP contribution in [0.25, 0.3) is 0 Å². The number of hydrogen-bond donors (Lipinski definition) is 1. The fourth-order valence-corrected chi connectivity index (χ4v) is 3.21. The first kappa shape index (κ1) is 12.7. The highest BCUT2D eigenvalue weighted by atomic mass is 32.1. The van der Waals surface area contributed by atoms with Gasteiger partial charge in [0.2, 0.25) is 0 Å². The lowest BCUT2D eigenvalue weighted by molar-refractivity contribution is 0.282. The van der Waals surface area contributed by atoms with Gasteiger partial charge in [-0.05, 0) is 48.4 Å². The number of nitrogens with zero attached hydrogens (tertiary/aromatic N) is 1. The van der Waals surface area contributed by atoms with Gasteiger partial charge < -0.3 is 10.0 Å². The smallest absolute Gasteiger partial charge is 0.0681 e. The Morgan fingerprint density at radius 2 is 2.16 bits per heavy atom. The number of benzene rings is 1. The highest BCUT2D eigenvalue weighted by Gasteiger charge is 2.30. The highest BCUT2D eigenvalue weighted by molar-refractivity contribution is 7.09. The number of aliphatic hydroxyl groups excluding tert-OH is 1. The van der Waals surface area contributed by atoms with Crippen LogP contribution in [-0.4, -0.2) is 11.1 Å². The zero-order valence-electron chi connectivity index (χ0n) is 11.2. The second kappa shape index (κ2) is 5.35. The minimum atomic E-state index is 0.121. The zero-order chi connectivity index (χ0) is 13.2. The molecular weight excluding hydrogens is 254 g/mol. The SMILES string of the molecule is Cc1cc(CO)ccc1N(Cc1cccs1)C1CC1. The molecular formula is C16H19NOS. The van der Waals surface area contributed by atoms with Crippen LogP contribution in [0.15, 0.2) is 35.7 Å². The van der Waals surface area contributed by atoms with Crippen molar-refractivity contribution in [2.45, 2.75) is 39.0 Å². The Morgan fingerprint density at radius 1 is 1.32 bits per heavy atom. The second-order valence-corrected chi connectivity index (χ2v) is 6.25. The average Bonchev–Trinajstić information content (AvgIpc) is 3.14. The molecule has 2 nitrogen and oxygen atoms in total. The van der Waals surface area contributed by atoms with Crippen molar-refractivity contribution in [2.24, 2.45) is 0 Å². The monoisotopic (exact) mass is 273 g/mol. The van der Waals surface area contributed by atoms with Gasteiger partial charge in [-0.2, -0.15) is 0 Å². The van der Waals surface area contributed by atoms with Crippen molar-refractivity contribution in [3.05, 3.63) is 51.7 Å². The van der Waals surface area contributed by atoms with Crippen molar-refractivity contribution >= 4 is 17.0 Å². The first-order valence-corrected chi connectivity index (χ1v) is 7.65. The summed E-state index contributed by atoms with van der Waals surface area (Å²) in [5.41, 5.74) is 3.57. The van der Waals surface area contributed by atoms with Crippen LogP contribution >= 0.6 is 11.3 Å². The van der Waals surface area contributed by atoms with Gasteiger partial charge in [-0.3, -0.25) is 0 Å². The molecule has 1 fully saturated rings. The molecule has 0 spiro atoms. The molecule has 0 aliphatic heterocycles. The van der Waals surface area contributed by atoms with Gasteiger partial charge in [-0.15, -0.1) is 11.3 Å². The fraction of sp³-hybridized carbons (Fsp3) is 0.375. The van der Waals surface area contributed by atoms with Crippen LogP contribution in [0, 0.1) is 6.92 Å². The molecule has 0 amide bonds. The van der Waals surface area contributed by atoms with Crippen LogP contribution in [0.4, 0.5) is 5.69 Å². The minimum absolute atomic E-state index is 0.121. The number of aliphatic hydroxyl groups is 1. The number of hydrogen-bond acceptors (Lipinski definition) is 3. The Labute approximate surface area is 118 Å². The quantitative estimate of drug-likeness (QED) is 0.897. The Bertz CT molecular complexity index is 546. The molecule has 19 heavy (non-hydrogen) atoms. The van der Waals surface area contributed by atoms with E-state index in [9.17, 15) is 5.11 Å². The maximum atomic E-state index is 9.21. The third kappa shape index (κ3) is 2.82. The molecule has 1 N–H and O–H groups in total. The van der Waals surface area contributed by atoms with E-state index in [4.69, 9.17) is 0 Å². The van der Waals surface area contributed by atoms with Gasteiger partial charge in [0.15, 0.2) is 0 Å². The third-order valence-corrected chi connectivity index (χ3v) is 4.51. The van der Waals surface area contributed by atoms with Gasteiger partial charge in [-0.25, -0.2) is 0 Å². The number of anilines is 1. The number of thiophene rings is 1. The average molecular weight is 273 g/mol. The van der Waals surface area contributed by atoms with E-state index in [-0.39, 0.29) is 6.61 Å². The number of aryl methyl sites for hydroxylation is 1. The Balaban J connectivity index is 1.87. The van der Waals surface area contributed by atoms with Crippen LogP contribution in [-0.2, 0) is 13.2 Å². The van der Waals surface area contributed by atoms with Crippen LogP contribution in [0.1, 0.15) is 28.8 Å². The lowest BCUT2D eigenvalue weighted by atomic mass is 10.1. The largest absolute Gasteiger partial charge is 0.392 e. The van der Waals surface area contributed by atoms with Gasteiger partial charge in [0.05, 0.1) is 13.2 Å². The van der Waals surface area contributed by atoms with Gasteiger partial charge in [0.25, 0.3) is 0 Å². The predicted molar refractivity (Wildman–Crippen MR) is 80.6 cm³/mol. The third-order valence-electron chi connectivity index (χ3n) is 3.65. The summed E-state index contributed by atoms with van der Waals surface area (Å²) in [5.74, 6) is 0. The van der Waals surface area contributed by atoms with Gasteiger partial charge in [0.1, 0.15) is 0 Å². The minimum Gasteiger partial charge on any atom is -0.392 e. The lowest BCUT2D eigenvalue weighted by Crippen LogP contribution is -2.25. The molecule has 1 aromatic carbocycles. The van der Waals surface area contributed by atoms with Crippen molar-refractivity contribution in [3.8, 4) is 0 Å². The molecule has 3 rings (SSSR count). The van der Waals surface area contributed by atoms with E-state index >= 15 is 0 Å². The molecule has 2 aromatic rings. The van der Waals surface area contributed by atoms with E-state index in [0.717, 1.165) is 12.1 Å². The van der Waals surface area contributed by atoms with Crippen molar-refractivity contribution < 1.29 is 5.11 Å². The van der Waals surface area contributed by atoms with Crippen molar-refractivity contribution in [2.75, 3.05) is 4.90 Å². The summed E-state index contributed by atoms with van der Waals surface area (Å²) in [6.07, 6.45) is 2.60. The molecule has 1 aromatic heterocycles. The summed E-state index contributed by atoms with van der Waals surface area (Å²) in [6.45, 7) is 3.26. The van der Waals surface area contributed by atoms with E-state index in [0.29, 0.717) is 6.04 Å². The van der Waals surface area contributed by atoms with Crippen LogP contribution < -0.4 is 4.90 Å². The van der Waals surface area contributed by atoms with Crippen molar-refractivity contribution in [1.29, 1.82) is 0 Å². The molecule has 0 saturated heterocycles. The van der Waals surface area contributed by atoms with Crippen molar-refractivity contribution in [3.63, 3.8) is 0 Å². The van der Waals surface area contributed by atoms with E-state index in [2.05, 4.69) is 41.5 Å². The molecule has 1 heterocycles. The van der Waals surface area contributed by atoms with Crippen molar-refractivity contribution in [1.82, 2.24) is 0 Å². The van der Waals surface area contributed by atoms with Crippen LogP contribution in [0.5, 0.6) is 0 Å². The van der Waals surface area contributed by atoms with E-state index in [1.165, 1.54) is 29.0 Å². The summed E-state index contributed by atoms with van der Waals surface area (Å²) in [5, 5.41) is 11.3. The maximum absolute atomic E-state index is 9.21. The second-order valence-electron chi connectivity index (χ2n) is 5.22. The summed E-state index contributed by atoms with van der Waals surface area (Å²) in [4.78, 5) is 3.93. The summed E-state index contributed by atoms with van der Waals surface area (Å²) < 4.78 is 0. The number of rotatable bonds is 5. The molecule has 0 unspecified atom stereocenters. The van der Waals surface area contributed by atoms with Crippen LogP contribution in [0.3, 0.4) is 0 Å². The van der Waals surface area contributed by atoms with Gasteiger partial charge >= 0.3 is 0 Å². The predicted octanol–water partition coefficient (Wildman–Crippen LogP) is 3.72. The van der Waals surface area contributed by atoms with E-state index < -0.39 is 0 Å². The van der Waals surface area contributed by atoms with E-state index in [1.807, 2.05) is 17.4 Å². The molecule has 0 atom stereocenters. The van der Waals surface area contributed by atoms with E-state index in [1.54, 1.807) is 0 Å². The summed E-state index contributed by atoms with van der Waals surface area (Å²) >= 11 is 1.82. The highest BCUT2D eigenvalue weighted by Crippen LogP contribution is 2.35. The molecule has 1 aliphatic rings.